The minimum Gasteiger partial charge on any atom is -0.462 e. The van der Waals surface area contributed by atoms with Crippen LogP contribution in [0.15, 0.2) is 85.1 Å². The fraction of sp³-hybridized carbons (Fsp3) is 0.767. The number of hydrogen-bond acceptors (Lipinski definition) is 6. The molecule has 0 aromatic heterocycles. The number of rotatable bonds is 62. The molecule has 1 atom stereocenters. The molecular weight excluding hydrogens is 973 g/mol. The van der Waals surface area contributed by atoms with Crippen LogP contribution in [0.25, 0.3) is 0 Å². The van der Waals surface area contributed by atoms with Gasteiger partial charge in [-0.3, -0.25) is 14.4 Å². The Bertz CT molecular complexity index is 1500. The van der Waals surface area contributed by atoms with Crippen LogP contribution >= 0.6 is 0 Å². The Hall–Kier alpha value is -3.41. The van der Waals surface area contributed by atoms with E-state index >= 15 is 0 Å². The van der Waals surface area contributed by atoms with E-state index in [2.05, 4.69) is 106 Å². The predicted octanol–water partition coefficient (Wildman–Crippen LogP) is 23.4. The summed E-state index contributed by atoms with van der Waals surface area (Å²) in [6.45, 7) is 6.51. The zero-order valence-electron chi connectivity index (χ0n) is 52.4. The molecule has 6 heteroatoms. The molecular formula is C73H128O6. The Morgan fingerprint density at radius 1 is 0.266 bits per heavy atom. The van der Waals surface area contributed by atoms with Gasteiger partial charge in [-0.1, -0.05) is 331 Å². The predicted molar refractivity (Wildman–Crippen MR) is 344 cm³/mol. The zero-order valence-corrected chi connectivity index (χ0v) is 52.4. The smallest absolute Gasteiger partial charge is 0.306 e. The maximum Gasteiger partial charge on any atom is 0.306 e. The molecule has 0 aliphatic heterocycles. The van der Waals surface area contributed by atoms with Gasteiger partial charge in [0.05, 0.1) is 0 Å². The second-order valence-corrected chi connectivity index (χ2v) is 22.7. The van der Waals surface area contributed by atoms with Crippen molar-refractivity contribution in [3.63, 3.8) is 0 Å². The normalized spacial score (nSPS) is 12.6. The quantitative estimate of drug-likeness (QED) is 0.0261. The largest absolute Gasteiger partial charge is 0.462 e. The molecule has 0 aromatic rings. The lowest BCUT2D eigenvalue weighted by atomic mass is 10.0. The highest BCUT2D eigenvalue weighted by Crippen LogP contribution is 2.18. The Morgan fingerprint density at radius 3 is 0.772 bits per heavy atom. The zero-order chi connectivity index (χ0) is 57.1. The average Bonchev–Trinajstić information content (AvgIpc) is 3.45. The van der Waals surface area contributed by atoms with E-state index in [4.69, 9.17) is 14.2 Å². The summed E-state index contributed by atoms with van der Waals surface area (Å²) >= 11 is 0. The first kappa shape index (κ1) is 75.6. The van der Waals surface area contributed by atoms with E-state index < -0.39 is 6.10 Å². The highest BCUT2D eigenvalue weighted by molar-refractivity contribution is 5.71. The molecule has 0 N–H and O–H groups in total. The van der Waals surface area contributed by atoms with Gasteiger partial charge in [0, 0.05) is 19.3 Å². The number of carbonyl (C=O) groups excluding carboxylic acids is 3. The standard InChI is InChI=1S/C73H128O6/c1-4-7-10-13-16-18-20-22-24-26-28-30-31-32-33-34-35-36-37-38-39-40-41-42-43-44-46-47-49-51-53-55-57-60-63-66-72(75)78-69-70(68-77-71(74)65-62-59-15-12-9-6-3)79-73(76)67-64-61-58-56-54-52-50-48-45-29-27-25-23-21-19-17-14-11-8-5-2/h7,10,16,18,22,24,28,30,32-33,35-36,38-39,70H,4-6,8-9,11-15,17,19-21,23,25-27,29,31,34,37,40-69H2,1-3H3/b10-7-,18-16-,24-22-,30-28-,33-32-,36-35-,39-38-. The van der Waals surface area contributed by atoms with Gasteiger partial charge in [0.15, 0.2) is 6.10 Å². The molecule has 0 heterocycles. The average molecular weight is 1100 g/mol. The summed E-state index contributed by atoms with van der Waals surface area (Å²) in [5.74, 6) is -0.865. The van der Waals surface area contributed by atoms with Crippen molar-refractivity contribution in [2.24, 2.45) is 0 Å². The van der Waals surface area contributed by atoms with Crippen molar-refractivity contribution in [1.82, 2.24) is 0 Å². The van der Waals surface area contributed by atoms with Crippen molar-refractivity contribution in [1.29, 1.82) is 0 Å². The Morgan fingerprint density at radius 2 is 0.494 bits per heavy atom. The lowest BCUT2D eigenvalue weighted by Gasteiger charge is -2.18. The van der Waals surface area contributed by atoms with Crippen LogP contribution in [0.3, 0.4) is 0 Å². The first-order valence-electron chi connectivity index (χ1n) is 34.1. The number of unbranched alkanes of at least 4 members (excludes halogenated alkanes) is 37. The maximum absolute atomic E-state index is 12.9. The van der Waals surface area contributed by atoms with Crippen molar-refractivity contribution in [2.75, 3.05) is 13.2 Å². The molecule has 0 aliphatic carbocycles. The van der Waals surface area contributed by atoms with Gasteiger partial charge < -0.3 is 14.2 Å². The lowest BCUT2D eigenvalue weighted by Crippen LogP contribution is -2.30. The summed E-state index contributed by atoms with van der Waals surface area (Å²) in [5.41, 5.74) is 0. The summed E-state index contributed by atoms with van der Waals surface area (Å²) in [6.07, 6.45) is 89.3. The van der Waals surface area contributed by atoms with E-state index in [0.717, 1.165) is 103 Å². The molecule has 0 radical (unpaired) electrons. The molecule has 0 aromatic carbocycles. The van der Waals surface area contributed by atoms with Crippen LogP contribution in [0, 0.1) is 0 Å². The molecule has 1 unspecified atom stereocenters. The highest BCUT2D eigenvalue weighted by atomic mass is 16.6. The van der Waals surface area contributed by atoms with Crippen molar-refractivity contribution >= 4 is 17.9 Å². The van der Waals surface area contributed by atoms with E-state index in [9.17, 15) is 14.4 Å². The minimum absolute atomic E-state index is 0.0714. The van der Waals surface area contributed by atoms with Crippen LogP contribution in [0.1, 0.15) is 342 Å². The van der Waals surface area contributed by atoms with Gasteiger partial charge in [0.2, 0.25) is 0 Å². The fourth-order valence-corrected chi connectivity index (χ4v) is 9.84. The maximum atomic E-state index is 12.9. The molecule has 0 saturated carbocycles. The number of allylic oxidation sites excluding steroid dienone is 14. The van der Waals surface area contributed by atoms with E-state index in [1.807, 2.05) is 0 Å². The van der Waals surface area contributed by atoms with Crippen molar-refractivity contribution in [3.8, 4) is 0 Å². The molecule has 6 nitrogen and oxygen atoms in total. The Labute approximate surface area is 490 Å². The van der Waals surface area contributed by atoms with Gasteiger partial charge in [-0.2, -0.15) is 0 Å². The number of ether oxygens (including phenoxy) is 3. The molecule has 0 amide bonds. The lowest BCUT2D eigenvalue weighted by molar-refractivity contribution is -0.167. The van der Waals surface area contributed by atoms with Gasteiger partial charge in [-0.25, -0.2) is 0 Å². The Kier molecular flexibility index (Phi) is 64.2. The van der Waals surface area contributed by atoms with Crippen LogP contribution in [-0.4, -0.2) is 37.2 Å². The van der Waals surface area contributed by atoms with Gasteiger partial charge in [-0.05, 0) is 77.0 Å². The summed E-state index contributed by atoms with van der Waals surface area (Å²) in [4.78, 5) is 38.0. The van der Waals surface area contributed by atoms with E-state index in [1.54, 1.807) is 0 Å². The molecule has 0 saturated heterocycles. The SMILES string of the molecule is CC/C=C\C/C=C\C/C=C\C/C=C\C/C=C\C/C=C\C/C=C\CCCCCCCCCCCCCCCC(=O)OCC(COC(=O)CCCCCCCC)OC(=O)CCCCCCCCCCCCCCCCCCCCCC. The fourth-order valence-electron chi connectivity index (χ4n) is 9.84. The first-order chi connectivity index (χ1) is 39.0. The van der Waals surface area contributed by atoms with Crippen LogP contribution in [0.5, 0.6) is 0 Å². The van der Waals surface area contributed by atoms with Gasteiger partial charge >= 0.3 is 17.9 Å². The second kappa shape index (κ2) is 67.1. The molecule has 0 bridgehead atoms. The van der Waals surface area contributed by atoms with Crippen LogP contribution in [-0.2, 0) is 28.6 Å². The molecule has 0 rings (SSSR count). The van der Waals surface area contributed by atoms with Gasteiger partial charge in [-0.15, -0.1) is 0 Å². The van der Waals surface area contributed by atoms with Crippen LogP contribution in [0.4, 0.5) is 0 Å². The van der Waals surface area contributed by atoms with Crippen LogP contribution < -0.4 is 0 Å². The second-order valence-electron chi connectivity index (χ2n) is 22.7. The highest BCUT2D eigenvalue weighted by Gasteiger charge is 2.19. The molecule has 456 valence electrons. The van der Waals surface area contributed by atoms with Crippen molar-refractivity contribution in [2.45, 2.75) is 348 Å². The minimum atomic E-state index is -0.770. The van der Waals surface area contributed by atoms with E-state index in [1.165, 1.54) is 199 Å². The molecule has 79 heavy (non-hydrogen) atoms. The van der Waals surface area contributed by atoms with Crippen molar-refractivity contribution in [3.05, 3.63) is 85.1 Å². The Balaban J connectivity index is 4.00. The monoisotopic (exact) mass is 1100 g/mol. The summed E-state index contributed by atoms with van der Waals surface area (Å²) < 4.78 is 16.8. The third kappa shape index (κ3) is 65.3. The molecule has 0 aliphatic rings. The number of carbonyl (C=O) groups is 3. The van der Waals surface area contributed by atoms with E-state index in [0.29, 0.717) is 19.3 Å². The van der Waals surface area contributed by atoms with Crippen molar-refractivity contribution < 1.29 is 28.6 Å². The first-order valence-corrected chi connectivity index (χ1v) is 34.1. The third-order valence-electron chi connectivity index (χ3n) is 14.9. The third-order valence-corrected chi connectivity index (χ3v) is 14.9. The summed E-state index contributed by atoms with van der Waals surface area (Å²) in [7, 11) is 0. The van der Waals surface area contributed by atoms with Gasteiger partial charge in [0.1, 0.15) is 13.2 Å². The topological polar surface area (TPSA) is 78.9 Å². The molecule has 0 spiro atoms. The van der Waals surface area contributed by atoms with E-state index in [-0.39, 0.29) is 31.1 Å². The van der Waals surface area contributed by atoms with Gasteiger partial charge in [0.25, 0.3) is 0 Å². The number of hydrogen-bond donors (Lipinski definition) is 0. The summed E-state index contributed by atoms with van der Waals surface area (Å²) in [5, 5.41) is 0. The van der Waals surface area contributed by atoms with Crippen LogP contribution in [0.2, 0.25) is 0 Å². The summed E-state index contributed by atoms with van der Waals surface area (Å²) in [6, 6.07) is 0. The molecule has 0 fully saturated rings. The number of esters is 3.